The molecule has 18 heavy (non-hydrogen) atoms. The number of benzene rings is 1. The van der Waals surface area contributed by atoms with Crippen LogP contribution in [0, 0.1) is 5.41 Å². The smallest absolute Gasteiger partial charge is 0.251 e. The van der Waals surface area contributed by atoms with Crippen LogP contribution >= 0.6 is 27.5 Å². The summed E-state index contributed by atoms with van der Waals surface area (Å²) in [6.07, 6.45) is 0.868. The van der Waals surface area contributed by atoms with Gasteiger partial charge in [0.15, 0.2) is 0 Å². The molecule has 0 aliphatic carbocycles. The minimum absolute atomic E-state index is 0.0406. The fourth-order valence-corrected chi connectivity index (χ4v) is 2.61. The van der Waals surface area contributed by atoms with Crippen LogP contribution in [0.1, 0.15) is 37.6 Å². The molecule has 1 amide bonds. The van der Waals surface area contributed by atoms with E-state index in [2.05, 4.69) is 42.0 Å². The Labute approximate surface area is 122 Å². The van der Waals surface area contributed by atoms with Crippen LogP contribution in [0.4, 0.5) is 0 Å². The van der Waals surface area contributed by atoms with Crippen molar-refractivity contribution in [2.45, 2.75) is 32.6 Å². The highest BCUT2D eigenvalue weighted by Gasteiger charge is 2.17. The Hall–Kier alpha value is -0.540. The Kier molecular flexibility index (Phi) is 5.67. The van der Waals surface area contributed by atoms with Crippen molar-refractivity contribution in [1.82, 2.24) is 5.32 Å². The maximum absolute atomic E-state index is 11.9. The molecule has 0 bridgehead atoms. The summed E-state index contributed by atoms with van der Waals surface area (Å²) < 4.78 is 0.896. The Bertz CT molecular complexity index is 415. The van der Waals surface area contributed by atoms with Crippen molar-refractivity contribution in [1.29, 1.82) is 0 Å². The average molecular weight is 333 g/mol. The fourth-order valence-electron chi connectivity index (χ4n) is 1.67. The first-order valence-corrected chi connectivity index (χ1v) is 7.19. The highest BCUT2D eigenvalue weighted by Crippen LogP contribution is 2.23. The predicted molar refractivity (Wildman–Crippen MR) is 80.2 cm³/mol. The Morgan fingerprint density at radius 2 is 2.11 bits per heavy atom. The van der Waals surface area contributed by atoms with Crippen molar-refractivity contribution in [3.63, 3.8) is 0 Å². The lowest BCUT2D eigenvalue weighted by molar-refractivity contribution is 0.0952. The summed E-state index contributed by atoms with van der Waals surface area (Å²) in [6, 6.07) is 7.31. The van der Waals surface area contributed by atoms with Gasteiger partial charge in [0, 0.05) is 16.6 Å². The van der Waals surface area contributed by atoms with Crippen molar-refractivity contribution in [2.24, 2.45) is 5.41 Å². The highest BCUT2D eigenvalue weighted by atomic mass is 79.9. The normalized spacial score (nSPS) is 13.2. The van der Waals surface area contributed by atoms with Crippen LogP contribution in [0.2, 0.25) is 0 Å². The molecule has 0 heterocycles. The zero-order valence-electron chi connectivity index (χ0n) is 11.0. The molecule has 1 rings (SSSR count). The number of halogens is 2. The number of alkyl halides is 1. The maximum atomic E-state index is 11.9. The first kappa shape index (κ1) is 15.5. The fraction of sp³-hybridized carbons (Fsp3) is 0.500. The molecule has 2 nitrogen and oxygen atoms in total. The van der Waals surface area contributed by atoms with E-state index in [1.54, 1.807) is 12.1 Å². The molecule has 4 heteroatoms. The van der Waals surface area contributed by atoms with Gasteiger partial charge in [-0.2, -0.15) is 0 Å². The third kappa shape index (κ3) is 5.87. The molecule has 100 valence electrons. The average Bonchev–Trinajstić information content (AvgIpc) is 2.23. The zero-order valence-corrected chi connectivity index (χ0v) is 13.3. The third-order valence-electron chi connectivity index (χ3n) is 2.40. The quantitative estimate of drug-likeness (QED) is 0.822. The van der Waals surface area contributed by atoms with Crippen LogP contribution in [0.25, 0.3) is 0 Å². The van der Waals surface area contributed by atoms with E-state index < -0.39 is 0 Å². The van der Waals surface area contributed by atoms with E-state index in [4.69, 9.17) is 11.6 Å². The van der Waals surface area contributed by atoms with Gasteiger partial charge in [0.25, 0.3) is 5.91 Å². The van der Waals surface area contributed by atoms with Gasteiger partial charge in [0.2, 0.25) is 0 Å². The van der Waals surface area contributed by atoms with Gasteiger partial charge in [-0.25, -0.2) is 0 Å². The first-order chi connectivity index (χ1) is 8.28. The van der Waals surface area contributed by atoms with Gasteiger partial charge in [0.1, 0.15) is 0 Å². The van der Waals surface area contributed by atoms with Gasteiger partial charge < -0.3 is 5.32 Å². The SMILES string of the molecule is CC(C)(C)CC(Cl)CNC(=O)c1cccc(Br)c1. The molecule has 1 atom stereocenters. The maximum Gasteiger partial charge on any atom is 0.251 e. The Morgan fingerprint density at radius 1 is 1.44 bits per heavy atom. The molecule has 0 aliphatic rings. The van der Waals surface area contributed by atoms with Crippen molar-refractivity contribution in [3.05, 3.63) is 34.3 Å². The predicted octanol–water partition coefficient (Wildman–Crippen LogP) is 4.22. The topological polar surface area (TPSA) is 29.1 Å². The number of nitrogens with one attached hydrogen (secondary N) is 1. The molecule has 0 radical (unpaired) electrons. The molecule has 0 fully saturated rings. The Morgan fingerprint density at radius 3 is 2.67 bits per heavy atom. The van der Waals surface area contributed by atoms with Crippen LogP contribution in [-0.2, 0) is 0 Å². The van der Waals surface area contributed by atoms with E-state index in [1.807, 2.05) is 12.1 Å². The number of carbonyl (C=O) groups excluding carboxylic acids is 1. The second-order valence-electron chi connectivity index (χ2n) is 5.58. The van der Waals surface area contributed by atoms with E-state index in [-0.39, 0.29) is 16.7 Å². The van der Waals surface area contributed by atoms with Crippen molar-refractivity contribution < 1.29 is 4.79 Å². The summed E-state index contributed by atoms with van der Waals surface area (Å²) in [7, 11) is 0. The standard InChI is InChI=1S/C14H19BrClNO/c1-14(2,3)8-12(16)9-17-13(18)10-5-4-6-11(15)7-10/h4-7,12H,8-9H2,1-3H3,(H,17,18). The summed E-state index contributed by atoms with van der Waals surface area (Å²) in [4.78, 5) is 11.9. The van der Waals surface area contributed by atoms with Crippen LogP contribution < -0.4 is 5.32 Å². The van der Waals surface area contributed by atoms with Crippen molar-refractivity contribution in [3.8, 4) is 0 Å². The molecular weight excluding hydrogens is 314 g/mol. The number of amides is 1. The van der Waals surface area contributed by atoms with Crippen molar-refractivity contribution in [2.75, 3.05) is 6.54 Å². The molecule has 1 unspecified atom stereocenters. The van der Waals surface area contributed by atoms with Gasteiger partial charge in [-0.1, -0.05) is 42.8 Å². The van der Waals surface area contributed by atoms with Crippen LogP contribution in [0.3, 0.4) is 0 Å². The van der Waals surface area contributed by atoms with E-state index in [1.165, 1.54) is 0 Å². The van der Waals surface area contributed by atoms with Gasteiger partial charge in [0.05, 0.1) is 5.38 Å². The van der Waals surface area contributed by atoms with E-state index in [9.17, 15) is 4.79 Å². The molecule has 0 saturated carbocycles. The molecule has 0 spiro atoms. The van der Waals surface area contributed by atoms with E-state index >= 15 is 0 Å². The second kappa shape index (κ2) is 6.58. The minimum atomic E-state index is -0.0872. The van der Waals surface area contributed by atoms with E-state index in [0.717, 1.165) is 10.9 Å². The van der Waals surface area contributed by atoms with Crippen molar-refractivity contribution >= 4 is 33.4 Å². The molecule has 0 aromatic heterocycles. The van der Waals surface area contributed by atoms with Crippen LogP contribution in [0.5, 0.6) is 0 Å². The number of hydrogen-bond acceptors (Lipinski definition) is 1. The number of rotatable bonds is 4. The van der Waals surface area contributed by atoms with Crippen LogP contribution in [-0.4, -0.2) is 17.8 Å². The summed E-state index contributed by atoms with van der Waals surface area (Å²) >= 11 is 9.55. The Balaban J connectivity index is 2.47. The lowest BCUT2D eigenvalue weighted by Gasteiger charge is -2.22. The number of carbonyl (C=O) groups is 1. The molecule has 1 aromatic carbocycles. The molecular formula is C14H19BrClNO. The molecule has 1 aromatic rings. The monoisotopic (exact) mass is 331 g/mol. The summed E-state index contributed by atoms with van der Waals surface area (Å²) in [5.41, 5.74) is 0.816. The van der Waals surface area contributed by atoms with Gasteiger partial charge in [-0.05, 0) is 30.0 Å². The summed E-state index contributed by atoms with van der Waals surface area (Å²) in [6.45, 7) is 6.90. The number of hydrogen-bond donors (Lipinski definition) is 1. The third-order valence-corrected chi connectivity index (χ3v) is 3.21. The minimum Gasteiger partial charge on any atom is -0.351 e. The molecule has 0 aliphatic heterocycles. The molecule has 0 saturated heterocycles. The lowest BCUT2D eigenvalue weighted by Crippen LogP contribution is -2.31. The second-order valence-corrected chi connectivity index (χ2v) is 7.12. The van der Waals surface area contributed by atoms with Gasteiger partial charge in [-0.15, -0.1) is 11.6 Å². The summed E-state index contributed by atoms with van der Waals surface area (Å²) in [5.74, 6) is -0.0872. The summed E-state index contributed by atoms with van der Waals surface area (Å²) in [5, 5.41) is 2.82. The largest absolute Gasteiger partial charge is 0.351 e. The highest BCUT2D eigenvalue weighted by molar-refractivity contribution is 9.10. The van der Waals surface area contributed by atoms with Crippen LogP contribution in [0.15, 0.2) is 28.7 Å². The van der Waals surface area contributed by atoms with E-state index in [0.29, 0.717) is 12.1 Å². The lowest BCUT2D eigenvalue weighted by atomic mass is 9.90. The first-order valence-electron chi connectivity index (χ1n) is 5.96. The van der Waals surface area contributed by atoms with Gasteiger partial charge >= 0.3 is 0 Å². The zero-order chi connectivity index (χ0) is 13.8. The molecule has 1 N–H and O–H groups in total. The van der Waals surface area contributed by atoms with Gasteiger partial charge in [-0.3, -0.25) is 4.79 Å².